The van der Waals surface area contributed by atoms with E-state index in [1.807, 2.05) is 65.7 Å². The van der Waals surface area contributed by atoms with E-state index < -0.39 is 0 Å². The Morgan fingerprint density at radius 3 is 2.55 bits per heavy atom. The Hall–Kier alpha value is -3.74. The van der Waals surface area contributed by atoms with E-state index in [0.717, 1.165) is 48.3 Å². The maximum atomic E-state index is 12.3. The van der Waals surface area contributed by atoms with Crippen LogP contribution < -0.4 is 5.32 Å². The lowest BCUT2D eigenvalue weighted by Gasteiger charge is -2.16. The summed E-state index contributed by atoms with van der Waals surface area (Å²) in [5, 5.41) is 7.55. The van der Waals surface area contributed by atoms with Crippen LogP contribution in [-0.4, -0.2) is 43.6 Å². The van der Waals surface area contributed by atoms with Crippen LogP contribution in [0.3, 0.4) is 0 Å². The van der Waals surface area contributed by atoms with E-state index in [9.17, 15) is 4.79 Å². The van der Waals surface area contributed by atoms with Crippen molar-refractivity contribution in [3.63, 3.8) is 0 Å². The molecule has 0 spiro atoms. The van der Waals surface area contributed by atoms with Crippen LogP contribution in [0.1, 0.15) is 12.8 Å². The molecule has 2 amide bonds. The molecule has 4 aromatic rings. The highest BCUT2D eigenvalue weighted by molar-refractivity contribution is 5.90. The summed E-state index contributed by atoms with van der Waals surface area (Å²) in [6.07, 6.45) is 5.86. The Labute approximate surface area is 168 Å². The van der Waals surface area contributed by atoms with Crippen LogP contribution in [0.5, 0.6) is 0 Å². The zero-order valence-corrected chi connectivity index (χ0v) is 15.8. The van der Waals surface area contributed by atoms with Gasteiger partial charge in [-0.05, 0) is 30.5 Å². The second-order valence-corrected chi connectivity index (χ2v) is 7.09. The van der Waals surface area contributed by atoms with Gasteiger partial charge in [0.1, 0.15) is 0 Å². The number of carbonyl (C=O) groups excluding carboxylic acids is 1. The topological polar surface area (TPSA) is 75.4 Å². The maximum absolute atomic E-state index is 12.3. The predicted molar refractivity (Wildman–Crippen MR) is 111 cm³/mol. The third-order valence-electron chi connectivity index (χ3n) is 5.07. The second kappa shape index (κ2) is 7.35. The molecule has 1 N–H and O–H groups in total. The number of aromatic nitrogens is 4. The van der Waals surface area contributed by atoms with E-state index in [4.69, 9.17) is 0 Å². The molecule has 0 atom stereocenters. The normalized spacial score (nSPS) is 13.7. The van der Waals surface area contributed by atoms with Crippen molar-refractivity contribution >= 4 is 17.5 Å². The fraction of sp³-hybridized carbons (Fsp3) is 0.182. The van der Waals surface area contributed by atoms with E-state index in [1.54, 1.807) is 10.7 Å². The quantitative estimate of drug-likeness (QED) is 0.577. The zero-order chi connectivity index (χ0) is 19.6. The second-order valence-electron chi connectivity index (χ2n) is 7.09. The number of hydrogen-bond acceptors (Lipinski definition) is 4. The minimum Gasteiger partial charge on any atom is -0.325 e. The molecule has 7 nitrogen and oxygen atoms in total. The Bertz CT molecular complexity index is 1160. The molecule has 5 rings (SSSR count). The van der Waals surface area contributed by atoms with Gasteiger partial charge in [0.15, 0.2) is 5.82 Å². The molecule has 0 aliphatic carbocycles. The molecule has 2 aromatic heterocycles. The minimum absolute atomic E-state index is 0.0585. The van der Waals surface area contributed by atoms with E-state index in [2.05, 4.69) is 20.4 Å². The predicted octanol–water partition coefficient (Wildman–Crippen LogP) is 4.09. The first-order chi connectivity index (χ1) is 14.3. The van der Waals surface area contributed by atoms with Gasteiger partial charge in [-0.1, -0.05) is 42.5 Å². The molecule has 0 unspecified atom stereocenters. The van der Waals surface area contributed by atoms with Crippen LogP contribution in [0.25, 0.3) is 28.3 Å². The number of urea groups is 1. The van der Waals surface area contributed by atoms with Crippen molar-refractivity contribution < 1.29 is 4.79 Å². The highest BCUT2D eigenvalue weighted by atomic mass is 16.2. The summed E-state index contributed by atoms with van der Waals surface area (Å²) in [6, 6.07) is 17.6. The number of nitrogens with zero attached hydrogens (tertiary/aromatic N) is 5. The van der Waals surface area contributed by atoms with Gasteiger partial charge in [0.05, 0.1) is 0 Å². The van der Waals surface area contributed by atoms with Crippen molar-refractivity contribution in [2.45, 2.75) is 12.8 Å². The number of amides is 2. The smallest absolute Gasteiger partial charge is 0.321 e. The first kappa shape index (κ1) is 17.4. The first-order valence-corrected chi connectivity index (χ1v) is 9.70. The van der Waals surface area contributed by atoms with Crippen LogP contribution in [-0.2, 0) is 0 Å². The lowest BCUT2D eigenvalue weighted by Crippen LogP contribution is -2.32. The van der Waals surface area contributed by atoms with E-state index in [1.165, 1.54) is 0 Å². The summed E-state index contributed by atoms with van der Waals surface area (Å²) in [5.41, 5.74) is 3.61. The van der Waals surface area contributed by atoms with Crippen molar-refractivity contribution in [2.24, 2.45) is 0 Å². The largest absolute Gasteiger partial charge is 0.325 e. The number of fused-ring (bicyclic) bond motifs is 1. The summed E-state index contributed by atoms with van der Waals surface area (Å²) in [5.74, 6) is 1.10. The van der Waals surface area contributed by atoms with Crippen molar-refractivity contribution in [2.75, 3.05) is 18.4 Å². The molecule has 1 aliphatic heterocycles. The van der Waals surface area contributed by atoms with Crippen LogP contribution in [0.15, 0.2) is 67.0 Å². The van der Waals surface area contributed by atoms with E-state index in [0.29, 0.717) is 11.6 Å². The first-order valence-electron chi connectivity index (χ1n) is 9.70. The monoisotopic (exact) mass is 384 g/mol. The summed E-state index contributed by atoms with van der Waals surface area (Å²) in [6.45, 7) is 1.63. The number of hydrogen-bond donors (Lipinski definition) is 1. The molecule has 0 radical (unpaired) electrons. The molecule has 2 aromatic carbocycles. The van der Waals surface area contributed by atoms with Gasteiger partial charge in [0.25, 0.3) is 5.78 Å². The van der Waals surface area contributed by atoms with Crippen molar-refractivity contribution in [3.05, 3.63) is 67.0 Å². The number of rotatable bonds is 3. The minimum atomic E-state index is -0.0585. The zero-order valence-electron chi connectivity index (χ0n) is 15.8. The number of likely N-dealkylation sites (tertiary alicyclic amines) is 1. The molecule has 1 saturated heterocycles. The molecular weight excluding hydrogens is 364 g/mol. The van der Waals surface area contributed by atoms with Gasteiger partial charge in [0, 0.05) is 42.3 Å². The molecule has 0 bridgehead atoms. The summed E-state index contributed by atoms with van der Waals surface area (Å²) in [7, 11) is 0. The fourth-order valence-corrected chi connectivity index (χ4v) is 3.54. The van der Waals surface area contributed by atoms with Crippen LogP contribution in [0, 0.1) is 0 Å². The number of benzene rings is 2. The third kappa shape index (κ3) is 3.54. The molecule has 29 heavy (non-hydrogen) atoms. The molecule has 144 valence electrons. The maximum Gasteiger partial charge on any atom is 0.321 e. The molecule has 3 heterocycles. The third-order valence-corrected chi connectivity index (χ3v) is 5.07. The fourth-order valence-electron chi connectivity index (χ4n) is 3.54. The summed E-state index contributed by atoms with van der Waals surface area (Å²) in [4.78, 5) is 23.2. The van der Waals surface area contributed by atoms with E-state index >= 15 is 0 Å². The Morgan fingerprint density at radius 1 is 0.931 bits per heavy atom. The van der Waals surface area contributed by atoms with Crippen molar-refractivity contribution in [3.8, 4) is 22.5 Å². The molecular formula is C22H20N6O. The van der Waals surface area contributed by atoms with Gasteiger partial charge in [0.2, 0.25) is 0 Å². The van der Waals surface area contributed by atoms with Gasteiger partial charge in [-0.3, -0.25) is 0 Å². The Morgan fingerprint density at radius 2 is 1.72 bits per heavy atom. The number of anilines is 1. The summed E-state index contributed by atoms with van der Waals surface area (Å²) < 4.78 is 1.69. The lowest BCUT2D eigenvalue weighted by atomic mass is 10.1. The number of carbonyl (C=O) groups is 1. The lowest BCUT2D eigenvalue weighted by molar-refractivity contribution is 0.222. The highest BCUT2D eigenvalue weighted by Crippen LogP contribution is 2.22. The SMILES string of the molecule is O=C(Nc1cccc(-c2nc3ncc(-c4ccccc4)cn3n2)c1)N1CCCC1. The molecule has 1 aliphatic rings. The Kier molecular flexibility index (Phi) is 4.40. The molecule has 1 fully saturated rings. The van der Waals surface area contributed by atoms with E-state index in [-0.39, 0.29) is 6.03 Å². The van der Waals surface area contributed by atoms with Crippen LogP contribution in [0.2, 0.25) is 0 Å². The summed E-state index contributed by atoms with van der Waals surface area (Å²) >= 11 is 0. The standard InChI is InChI=1S/C22H20N6O/c29-22(27-11-4-5-12-27)24-19-10-6-9-17(13-19)20-25-21-23-14-18(15-28(21)26-20)16-7-2-1-3-8-16/h1-3,6-10,13-15H,4-5,11-12H2,(H,24,29). The van der Waals surface area contributed by atoms with Gasteiger partial charge < -0.3 is 10.2 Å². The number of nitrogens with one attached hydrogen (secondary N) is 1. The van der Waals surface area contributed by atoms with Crippen LogP contribution in [0.4, 0.5) is 10.5 Å². The van der Waals surface area contributed by atoms with Crippen molar-refractivity contribution in [1.82, 2.24) is 24.5 Å². The molecule has 0 saturated carbocycles. The van der Waals surface area contributed by atoms with Gasteiger partial charge in [-0.2, -0.15) is 4.98 Å². The average molecular weight is 384 g/mol. The molecule has 7 heteroatoms. The van der Waals surface area contributed by atoms with Gasteiger partial charge in [-0.25, -0.2) is 14.3 Å². The van der Waals surface area contributed by atoms with Crippen molar-refractivity contribution in [1.29, 1.82) is 0 Å². The van der Waals surface area contributed by atoms with Gasteiger partial charge >= 0.3 is 6.03 Å². The highest BCUT2D eigenvalue weighted by Gasteiger charge is 2.18. The van der Waals surface area contributed by atoms with Gasteiger partial charge in [-0.15, -0.1) is 5.10 Å². The van der Waals surface area contributed by atoms with Crippen LogP contribution >= 0.6 is 0 Å². The average Bonchev–Trinajstić information content (AvgIpc) is 3.44. The Balaban J connectivity index is 1.42.